The molecule has 0 saturated carbocycles. The van der Waals surface area contributed by atoms with E-state index in [1.54, 1.807) is 12.1 Å². The number of rotatable bonds is 3. The zero-order valence-corrected chi connectivity index (χ0v) is 11.8. The Balaban J connectivity index is 2.18. The van der Waals surface area contributed by atoms with Gasteiger partial charge in [-0.05, 0) is 17.3 Å². The first-order valence-electron chi connectivity index (χ1n) is 5.93. The van der Waals surface area contributed by atoms with E-state index in [1.807, 2.05) is 32.9 Å². The number of carbonyl (C=O) groups excluding carboxylic acids is 1. The molecule has 0 saturated heterocycles. The van der Waals surface area contributed by atoms with E-state index in [1.165, 1.54) is 4.80 Å². The maximum atomic E-state index is 11.9. The van der Waals surface area contributed by atoms with Crippen molar-refractivity contribution in [3.05, 3.63) is 29.3 Å². The van der Waals surface area contributed by atoms with Gasteiger partial charge in [-0.2, -0.15) is 4.80 Å². The van der Waals surface area contributed by atoms with Crippen LogP contribution in [0.15, 0.2) is 24.3 Å². The van der Waals surface area contributed by atoms with Gasteiger partial charge in [-0.25, -0.2) is 0 Å². The molecule has 0 N–H and O–H groups in total. The second kappa shape index (κ2) is 5.09. The minimum Gasteiger partial charge on any atom is -0.297 e. The summed E-state index contributed by atoms with van der Waals surface area (Å²) in [5.74, 6) is 0.520. The number of tetrazole rings is 1. The molecule has 6 heteroatoms. The van der Waals surface area contributed by atoms with E-state index in [4.69, 9.17) is 11.6 Å². The quantitative estimate of drug-likeness (QED) is 0.866. The topological polar surface area (TPSA) is 60.7 Å². The van der Waals surface area contributed by atoms with Gasteiger partial charge in [0.05, 0.1) is 0 Å². The van der Waals surface area contributed by atoms with Gasteiger partial charge in [0.15, 0.2) is 5.78 Å². The molecule has 0 radical (unpaired) electrons. The number of Topliss-reactive ketones (excluding diaryl/α,β-unsaturated/α-hetero) is 1. The van der Waals surface area contributed by atoms with Crippen molar-refractivity contribution in [2.24, 2.45) is 5.41 Å². The minimum atomic E-state index is -0.413. The third kappa shape index (κ3) is 3.38. The Hall–Kier alpha value is -1.75. The van der Waals surface area contributed by atoms with Gasteiger partial charge in [-0.15, -0.1) is 10.2 Å². The largest absolute Gasteiger partial charge is 0.297 e. The van der Waals surface area contributed by atoms with Gasteiger partial charge in [-0.1, -0.05) is 44.5 Å². The summed E-state index contributed by atoms with van der Waals surface area (Å²) >= 11 is 5.91. The van der Waals surface area contributed by atoms with Gasteiger partial charge >= 0.3 is 0 Å². The molecule has 0 unspecified atom stereocenters. The molecule has 2 aromatic rings. The third-order valence-corrected chi connectivity index (χ3v) is 2.89. The molecule has 0 spiro atoms. The molecule has 0 aliphatic heterocycles. The van der Waals surface area contributed by atoms with E-state index in [9.17, 15) is 4.79 Å². The molecular formula is C13H15ClN4O. The van der Waals surface area contributed by atoms with Crippen molar-refractivity contribution in [2.45, 2.75) is 27.3 Å². The fourth-order valence-electron chi connectivity index (χ4n) is 1.42. The predicted molar refractivity (Wildman–Crippen MR) is 72.7 cm³/mol. The van der Waals surface area contributed by atoms with Crippen LogP contribution in [-0.2, 0) is 11.3 Å². The van der Waals surface area contributed by atoms with Crippen molar-refractivity contribution in [2.75, 3.05) is 0 Å². The van der Waals surface area contributed by atoms with Crippen LogP contribution in [0.3, 0.4) is 0 Å². The Morgan fingerprint density at radius 3 is 2.74 bits per heavy atom. The second-order valence-electron chi connectivity index (χ2n) is 5.33. The molecule has 0 aliphatic rings. The molecule has 1 aromatic carbocycles. The molecule has 0 bridgehead atoms. The molecule has 0 aliphatic carbocycles. The van der Waals surface area contributed by atoms with E-state index in [2.05, 4.69) is 15.4 Å². The number of aromatic nitrogens is 4. The Kier molecular flexibility index (Phi) is 3.66. The second-order valence-corrected chi connectivity index (χ2v) is 5.76. The van der Waals surface area contributed by atoms with E-state index in [0.29, 0.717) is 10.8 Å². The highest BCUT2D eigenvalue weighted by Crippen LogP contribution is 2.19. The number of carbonyl (C=O) groups is 1. The summed E-state index contributed by atoms with van der Waals surface area (Å²) in [4.78, 5) is 13.2. The van der Waals surface area contributed by atoms with Gasteiger partial charge in [0, 0.05) is 16.0 Å². The third-order valence-electron chi connectivity index (χ3n) is 2.66. The van der Waals surface area contributed by atoms with Crippen LogP contribution in [-0.4, -0.2) is 26.0 Å². The maximum Gasteiger partial charge on any atom is 0.204 e. The highest BCUT2D eigenvalue weighted by atomic mass is 35.5. The number of nitrogens with zero attached hydrogens (tertiary/aromatic N) is 4. The number of halogens is 1. The molecule has 2 rings (SSSR count). The number of benzene rings is 1. The van der Waals surface area contributed by atoms with E-state index < -0.39 is 5.41 Å². The van der Waals surface area contributed by atoms with Gasteiger partial charge < -0.3 is 0 Å². The lowest BCUT2D eigenvalue weighted by Gasteiger charge is -2.15. The minimum absolute atomic E-state index is 0.0579. The molecule has 0 fully saturated rings. The molecule has 0 amide bonds. The van der Waals surface area contributed by atoms with Crippen LogP contribution in [0, 0.1) is 5.41 Å². The first-order chi connectivity index (χ1) is 8.86. The van der Waals surface area contributed by atoms with Crippen LogP contribution in [0.2, 0.25) is 5.02 Å². The zero-order chi connectivity index (χ0) is 14.0. The van der Waals surface area contributed by atoms with Crippen LogP contribution in [0.5, 0.6) is 0 Å². The lowest BCUT2D eigenvalue weighted by atomic mass is 9.91. The Morgan fingerprint density at radius 2 is 2.11 bits per heavy atom. The first-order valence-corrected chi connectivity index (χ1v) is 6.31. The predicted octanol–water partition coefficient (Wildman–Crippen LogP) is 2.61. The summed E-state index contributed by atoms with van der Waals surface area (Å²) in [5, 5.41) is 12.6. The zero-order valence-electron chi connectivity index (χ0n) is 11.1. The van der Waals surface area contributed by atoms with Gasteiger partial charge in [-0.3, -0.25) is 4.79 Å². The van der Waals surface area contributed by atoms with Crippen molar-refractivity contribution < 1.29 is 4.79 Å². The Labute approximate surface area is 116 Å². The monoisotopic (exact) mass is 278 g/mol. The molecule has 100 valence electrons. The van der Waals surface area contributed by atoms with Crippen LogP contribution in [0.25, 0.3) is 11.4 Å². The standard InChI is InChI=1S/C13H15ClN4O/c1-13(2,3)11(19)8-18-16-12(15-17-18)9-5-4-6-10(14)7-9/h4-7H,8H2,1-3H3. The number of hydrogen-bond donors (Lipinski definition) is 0. The fraction of sp³-hybridized carbons (Fsp3) is 0.385. The van der Waals surface area contributed by atoms with E-state index >= 15 is 0 Å². The fourth-order valence-corrected chi connectivity index (χ4v) is 1.61. The number of hydrogen-bond acceptors (Lipinski definition) is 4. The number of ketones is 1. The summed E-state index contributed by atoms with van der Waals surface area (Å²) in [6.45, 7) is 5.72. The van der Waals surface area contributed by atoms with Gasteiger partial charge in [0.25, 0.3) is 0 Å². The van der Waals surface area contributed by atoms with Gasteiger partial charge in [0.2, 0.25) is 5.82 Å². The smallest absolute Gasteiger partial charge is 0.204 e. The van der Waals surface area contributed by atoms with Crippen LogP contribution in [0.1, 0.15) is 20.8 Å². The summed E-state index contributed by atoms with van der Waals surface area (Å²) in [5.41, 5.74) is 0.367. The lowest BCUT2D eigenvalue weighted by molar-refractivity contribution is -0.127. The maximum absolute atomic E-state index is 11.9. The van der Waals surface area contributed by atoms with Gasteiger partial charge in [0.1, 0.15) is 6.54 Å². The van der Waals surface area contributed by atoms with Crippen LogP contribution >= 0.6 is 11.6 Å². The van der Waals surface area contributed by atoms with Crippen molar-refractivity contribution in [1.82, 2.24) is 20.2 Å². The normalized spacial score (nSPS) is 11.6. The average molecular weight is 279 g/mol. The van der Waals surface area contributed by atoms with Crippen molar-refractivity contribution in [3.63, 3.8) is 0 Å². The summed E-state index contributed by atoms with van der Waals surface area (Å²) in [6, 6.07) is 7.20. The average Bonchev–Trinajstić information content (AvgIpc) is 2.76. The molecule has 5 nitrogen and oxygen atoms in total. The van der Waals surface area contributed by atoms with Crippen molar-refractivity contribution >= 4 is 17.4 Å². The Morgan fingerprint density at radius 1 is 1.37 bits per heavy atom. The molecular weight excluding hydrogens is 264 g/mol. The highest BCUT2D eigenvalue weighted by Gasteiger charge is 2.22. The van der Waals surface area contributed by atoms with Crippen molar-refractivity contribution in [3.8, 4) is 11.4 Å². The lowest BCUT2D eigenvalue weighted by Crippen LogP contribution is -2.26. The molecule has 1 heterocycles. The van der Waals surface area contributed by atoms with E-state index in [0.717, 1.165) is 5.56 Å². The van der Waals surface area contributed by atoms with E-state index in [-0.39, 0.29) is 12.3 Å². The summed E-state index contributed by atoms with van der Waals surface area (Å²) in [7, 11) is 0. The van der Waals surface area contributed by atoms with Crippen LogP contribution in [0.4, 0.5) is 0 Å². The molecule has 19 heavy (non-hydrogen) atoms. The Bertz CT molecular complexity index is 601. The molecule has 1 aromatic heterocycles. The summed E-state index contributed by atoms with van der Waals surface area (Å²) in [6.07, 6.45) is 0. The highest BCUT2D eigenvalue weighted by molar-refractivity contribution is 6.30. The van der Waals surface area contributed by atoms with Crippen molar-refractivity contribution in [1.29, 1.82) is 0 Å². The first kappa shape index (κ1) is 13.7. The molecule has 0 atom stereocenters. The SMILES string of the molecule is CC(C)(C)C(=O)Cn1nnc(-c2cccc(Cl)c2)n1. The van der Waals surface area contributed by atoms with Crippen LogP contribution < -0.4 is 0 Å². The summed E-state index contributed by atoms with van der Waals surface area (Å²) < 4.78 is 0.